The summed E-state index contributed by atoms with van der Waals surface area (Å²) in [6.07, 6.45) is 7.09. The lowest BCUT2D eigenvalue weighted by Gasteiger charge is -2.31. The van der Waals surface area contributed by atoms with E-state index in [9.17, 15) is 4.79 Å². The number of piperidine rings is 1. The summed E-state index contributed by atoms with van der Waals surface area (Å²) >= 11 is 0. The normalized spacial score (nSPS) is 16.8. The smallest absolute Gasteiger partial charge is 0.234 e. The van der Waals surface area contributed by atoms with Crippen molar-refractivity contribution >= 4 is 35.8 Å². The molecule has 0 saturated carbocycles. The SMILES string of the molecule is CCCCCCNC(N)=NCC1CCN(CC(=O)NC(C)(C)C)CC1.I. The van der Waals surface area contributed by atoms with Crippen molar-refractivity contribution in [3.05, 3.63) is 0 Å². The lowest BCUT2D eigenvalue weighted by atomic mass is 9.97. The van der Waals surface area contributed by atoms with Crippen molar-refractivity contribution in [3.8, 4) is 0 Å². The minimum Gasteiger partial charge on any atom is -0.370 e. The largest absolute Gasteiger partial charge is 0.370 e. The second-order valence-corrected chi connectivity index (χ2v) is 8.23. The van der Waals surface area contributed by atoms with E-state index in [1.807, 2.05) is 20.8 Å². The summed E-state index contributed by atoms with van der Waals surface area (Å²) in [5, 5.41) is 6.22. The number of nitrogens with zero attached hydrogens (tertiary/aromatic N) is 2. The third-order valence-corrected chi connectivity index (χ3v) is 4.45. The Labute approximate surface area is 177 Å². The Morgan fingerprint density at radius 2 is 1.85 bits per heavy atom. The molecule has 0 radical (unpaired) electrons. The van der Waals surface area contributed by atoms with Crippen LogP contribution in [0.1, 0.15) is 66.2 Å². The third kappa shape index (κ3) is 12.7. The summed E-state index contributed by atoms with van der Waals surface area (Å²) in [6, 6.07) is 0. The van der Waals surface area contributed by atoms with E-state index in [1.165, 1.54) is 19.3 Å². The molecule has 0 bridgehead atoms. The Bertz CT molecular complexity index is 415. The maximum atomic E-state index is 12.0. The molecule has 1 amide bonds. The van der Waals surface area contributed by atoms with Gasteiger partial charge in [0, 0.05) is 18.6 Å². The second kappa shape index (κ2) is 13.6. The van der Waals surface area contributed by atoms with Crippen molar-refractivity contribution in [1.29, 1.82) is 0 Å². The summed E-state index contributed by atoms with van der Waals surface area (Å²) in [7, 11) is 0. The quantitative estimate of drug-likeness (QED) is 0.205. The molecule has 1 aliphatic rings. The van der Waals surface area contributed by atoms with Crippen LogP contribution in [0.2, 0.25) is 0 Å². The first-order valence-corrected chi connectivity index (χ1v) is 9.87. The Hall–Kier alpha value is -0.570. The zero-order valence-corrected chi connectivity index (χ0v) is 19.5. The van der Waals surface area contributed by atoms with Crippen molar-refractivity contribution in [2.24, 2.45) is 16.6 Å². The van der Waals surface area contributed by atoms with Crippen LogP contribution >= 0.6 is 24.0 Å². The highest BCUT2D eigenvalue weighted by Crippen LogP contribution is 2.17. The van der Waals surface area contributed by atoms with Crippen LogP contribution in [0.15, 0.2) is 4.99 Å². The molecule has 0 unspecified atom stereocenters. The van der Waals surface area contributed by atoms with Crippen LogP contribution in [0.4, 0.5) is 0 Å². The van der Waals surface area contributed by atoms with Crippen LogP contribution in [0, 0.1) is 5.92 Å². The number of guanidine groups is 1. The van der Waals surface area contributed by atoms with E-state index >= 15 is 0 Å². The average molecular weight is 481 g/mol. The van der Waals surface area contributed by atoms with E-state index in [4.69, 9.17) is 5.73 Å². The molecular weight excluding hydrogens is 441 g/mol. The van der Waals surface area contributed by atoms with Crippen LogP contribution in [0.25, 0.3) is 0 Å². The second-order valence-electron chi connectivity index (χ2n) is 8.23. The van der Waals surface area contributed by atoms with Gasteiger partial charge in [-0.05, 0) is 59.0 Å². The monoisotopic (exact) mass is 481 g/mol. The lowest BCUT2D eigenvalue weighted by molar-refractivity contribution is -0.124. The molecule has 1 heterocycles. The summed E-state index contributed by atoms with van der Waals surface area (Å²) in [5.41, 5.74) is 5.77. The molecule has 7 heteroatoms. The summed E-state index contributed by atoms with van der Waals surface area (Å²) in [4.78, 5) is 18.7. The minimum atomic E-state index is -0.162. The number of nitrogens with two attached hydrogens (primary N) is 1. The van der Waals surface area contributed by atoms with Crippen LogP contribution in [-0.4, -0.2) is 55.0 Å². The highest BCUT2D eigenvalue weighted by molar-refractivity contribution is 14.0. The predicted octanol–water partition coefficient (Wildman–Crippen LogP) is 2.72. The Kier molecular flexibility index (Phi) is 13.3. The number of hydrogen-bond acceptors (Lipinski definition) is 3. The molecule has 0 aromatic carbocycles. The van der Waals surface area contributed by atoms with E-state index in [1.54, 1.807) is 0 Å². The van der Waals surface area contributed by atoms with Gasteiger partial charge in [0.1, 0.15) is 0 Å². The third-order valence-electron chi connectivity index (χ3n) is 4.45. The number of halogens is 1. The summed E-state index contributed by atoms with van der Waals surface area (Å²) in [5.74, 6) is 1.26. The van der Waals surface area contributed by atoms with Gasteiger partial charge in [0.15, 0.2) is 5.96 Å². The zero-order chi connectivity index (χ0) is 18.7. The van der Waals surface area contributed by atoms with Crippen LogP contribution < -0.4 is 16.4 Å². The first-order chi connectivity index (χ1) is 11.8. The fourth-order valence-electron chi connectivity index (χ4n) is 3.04. The van der Waals surface area contributed by atoms with E-state index in [2.05, 4.69) is 27.4 Å². The molecular formula is C19H40IN5O. The van der Waals surface area contributed by atoms with Crippen molar-refractivity contribution in [3.63, 3.8) is 0 Å². The fourth-order valence-corrected chi connectivity index (χ4v) is 3.04. The van der Waals surface area contributed by atoms with Gasteiger partial charge in [-0.3, -0.25) is 14.7 Å². The molecule has 6 nitrogen and oxygen atoms in total. The van der Waals surface area contributed by atoms with E-state index in [0.717, 1.165) is 45.4 Å². The Morgan fingerprint density at radius 3 is 2.42 bits per heavy atom. The molecule has 4 N–H and O–H groups in total. The van der Waals surface area contributed by atoms with Crippen molar-refractivity contribution in [1.82, 2.24) is 15.5 Å². The maximum Gasteiger partial charge on any atom is 0.234 e. The molecule has 0 aliphatic carbocycles. The summed E-state index contributed by atoms with van der Waals surface area (Å²) in [6.45, 7) is 12.4. The first-order valence-electron chi connectivity index (χ1n) is 9.87. The molecule has 0 aromatic rings. The van der Waals surface area contributed by atoms with Crippen LogP contribution in [0.3, 0.4) is 0 Å². The fraction of sp³-hybridized carbons (Fsp3) is 0.895. The van der Waals surface area contributed by atoms with Gasteiger partial charge in [0.05, 0.1) is 6.54 Å². The predicted molar refractivity (Wildman–Crippen MR) is 121 cm³/mol. The lowest BCUT2D eigenvalue weighted by Crippen LogP contribution is -2.47. The highest BCUT2D eigenvalue weighted by atomic mass is 127. The number of amides is 1. The van der Waals surface area contributed by atoms with E-state index in [0.29, 0.717) is 18.4 Å². The number of carbonyl (C=O) groups is 1. The average Bonchev–Trinajstić information content (AvgIpc) is 2.52. The Morgan fingerprint density at radius 1 is 1.19 bits per heavy atom. The first kappa shape index (κ1) is 25.4. The summed E-state index contributed by atoms with van der Waals surface area (Å²) < 4.78 is 0. The van der Waals surface area contributed by atoms with Crippen LogP contribution in [0.5, 0.6) is 0 Å². The van der Waals surface area contributed by atoms with Crippen molar-refractivity contribution < 1.29 is 4.79 Å². The van der Waals surface area contributed by atoms with Gasteiger partial charge >= 0.3 is 0 Å². The van der Waals surface area contributed by atoms with Gasteiger partial charge in [0.2, 0.25) is 5.91 Å². The standard InChI is InChI=1S/C19H39N5O.HI/c1-5-6-7-8-11-21-18(20)22-14-16-9-12-24(13-10-16)15-17(25)23-19(2,3)4;/h16H,5-15H2,1-4H3,(H,23,25)(H3,20,21,22);1H. The number of unbranched alkanes of at least 4 members (excludes halogenated alkanes) is 3. The molecule has 1 aliphatic heterocycles. The Balaban J connectivity index is 0.00000625. The molecule has 1 fully saturated rings. The molecule has 0 atom stereocenters. The van der Waals surface area contributed by atoms with Gasteiger partial charge in [-0.1, -0.05) is 26.2 Å². The van der Waals surface area contributed by atoms with E-state index in [-0.39, 0.29) is 35.4 Å². The zero-order valence-electron chi connectivity index (χ0n) is 17.1. The maximum absolute atomic E-state index is 12.0. The number of rotatable bonds is 9. The highest BCUT2D eigenvalue weighted by Gasteiger charge is 2.22. The molecule has 1 rings (SSSR count). The number of aliphatic imine (C=N–C) groups is 1. The molecule has 0 spiro atoms. The van der Waals surface area contributed by atoms with Gasteiger partial charge < -0.3 is 16.4 Å². The van der Waals surface area contributed by atoms with Gasteiger partial charge in [0.25, 0.3) is 0 Å². The van der Waals surface area contributed by atoms with Crippen molar-refractivity contribution in [2.75, 3.05) is 32.7 Å². The van der Waals surface area contributed by atoms with E-state index < -0.39 is 0 Å². The van der Waals surface area contributed by atoms with Crippen molar-refractivity contribution in [2.45, 2.75) is 71.8 Å². The van der Waals surface area contributed by atoms with Gasteiger partial charge in [-0.15, -0.1) is 24.0 Å². The topological polar surface area (TPSA) is 82.8 Å². The number of carbonyl (C=O) groups excluding carboxylic acids is 1. The molecule has 154 valence electrons. The molecule has 26 heavy (non-hydrogen) atoms. The van der Waals surface area contributed by atoms with Crippen LogP contribution in [-0.2, 0) is 4.79 Å². The van der Waals surface area contributed by atoms with Gasteiger partial charge in [-0.2, -0.15) is 0 Å². The number of hydrogen-bond donors (Lipinski definition) is 3. The number of likely N-dealkylation sites (tertiary alicyclic amines) is 1. The molecule has 0 aromatic heterocycles. The minimum absolute atomic E-state index is 0. The van der Waals surface area contributed by atoms with Gasteiger partial charge in [-0.25, -0.2) is 0 Å². The number of nitrogens with one attached hydrogen (secondary N) is 2. The molecule has 1 saturated heterocycles.